The van der Waals surface area contributed by atoms with Crippen LogP contribution in [0.25, 0.3) is 0 Å². The fraction of sp³-hybridized carbons (Fsp3) is 0.773. The van der Waals surface area contributed by atoms with Gasteiger partial charge in [0.05, 0.1) is 23.7 Å². The molecular weight excluding hydrogens is 424 g/mol. The minimum absolute atomic E-state index is 0.224. The van der Waals surface area contributed by atoms with Crippen molar-refractivity contribution in [3.05, 3.63) is 0 Å². The van der Waals surface area contributed by atoms with Gasteiger partial charge in [-0.15, -0.1) is 0 Å². The fourth-order valence-corrected chi connectivity index (χ4v) is 2.10. The van der Waals surface area contributed by atoms with Gasteiger partial charge in [-0.3, -0.25) is 24.0 Å². The summed E-state index contributed by atoms with van der Waals surface area (Å²) in [7, 11) is 0. The molecule has 4 atom stereocenters. The van der Waals surface area contributed by atoms with E-state index in [4.69, 9.17) is 18.9 Å². The smallest absolute Gasteiger partial charge is 0.309 e. The number of rotatable bonds is 13. The molecule has 0 aliphatic rings. The highest BCUT2D eigenvalue weighted by atomic mass is 16.6. The summed E-state index contributed by atoms with van der Waals surface area (Å²) >= 11 is 0. The van der Waals surface area contributed by atoms with Crippen LogP contribution in [0, 0.1) is 23.7 Å². The van der Waals surface area contributed by atoms with Crippen molar-refractivity contribution in [3.8, 4) is 0 Å². The van der Waals surface area contributed by atoms with Crippen molar-refractivity contribution >= 4 is 30.2 Å². The number of aldehydes is 1. The van der Waals surface area contributed by atoms with Crippen LogP contribution in [0.2, 0.25) is 0 Å². The van der Waals surface area contributed by atoms with E-state index in [0.717, 1.165) is 0 Å². The Bertz CT molecular complexity index is 653. The van der Waals surface area contributed by atoms with Crippen LogP contribution >= 0.6 is 0 Å². The molecular formula is C22H36O10. The SMILES string of the molecule is CC(C)C(=O)OC[C@H](O)[C@H](OC(=O)C(C)C)[C@@H](OC(=O)C(C)C)[C@@H](C=O)OC(=O)C(C)C. The molecule has 32 heavy (non-hydrogen) atoms. The van der Waals surface area contributed by atoms with E-state index in [9.17, 15) is 29.1 Å². The highest BCUT2D eigenvalue weighted by Gasteiger charge is 2.43. The molecule has 10 nitrogen and oxygen atoms in total. The summed E-state index contributed by atoms with van der Waals surface area (Å²) in [6.07, 6.45) is -6.44. The monoisotopic (exact) mass is 460 g/mol. The van der Waals surface area contributed by atoms with Crippen molar-refractivity contribution in [2.24, 2.45) is 23.7 Å². The first-order valence-electron chi connectivity index (χ1n) is 10.6. The van der Waals surface area contributed by atoms with Crippen LogP contribution in [0.5, 0.6) is 0 Å². The van der Waals surface area contributed by atoms with Gasteiger partial charge in [-0.1, -0.05) is 55.4 Å². The van der Waals surface area contributed by atoms with E-state index in [1.54, 1.807) is 13.8 Å². The van der Waals surface area contributed by atoms with Crippen molar-refractivity contribution in [2.45, 2.75) is 79.8 Å². The molecule has 0 unspecified atom stereocenters. The maximum Gasteiger partial charge on any atom is 0.309 e. The number of ether oxygens (including phenoxy) is 4. The average Bonchev–Trinajstić information content (AvgIpc) is 2.71. The molecule has 0 aromatic heterocycles. The summed E-state index contributed by atoms with van der Waals surface area (Å²) in [6.45, 7) is 11.8. The molecule has 10 heteroatoms. The van der Waals surface area contributed by atoms with Crippen molar-refractivity contribution < 1.29 is 48.0 Å². The number of carbonyl (C=O) groups is 5. The Morgan fingerprint density at radius 3 is 1.41 bits per heavy atom. The lowest BCUT2D eigenvalue weighted by atomic mass is 10.0. The van der Waals surface area contributed by atoms with E-state index in [-0.39, 0.29) is 6.29 Å². The van der Waals surface area contributed by atoms with Crippen LogP contribution < -0.4 is 0 Å². The molecule has 0 saturated carbocycles. The molecule has 0 aliphatic carbocycles. The minimum Gasteiger partial charge on any atom is -0.463 e. The van der Waals surface area contributed by atoms with Gasteiger partial charge in [0.1, 0.15) is 12.7 Å². The quantitative estimate of drug-likeness (QED) is 0.244. The molecule has 0 rings (SSSR count). The van der Waals surface area contributed by atoms with Gasteiger partial charge in [-0.05, 0) is 0 Å². The van der Waals surface area contributed by atoms with Crippen molar-refractivity contribution in [3.63, 3.8) is 0 Å². The molecule has 0 fully saturated rings. The zero-order valence-electron chi connectivity index (χ0n) is 20.0. The van der Waals surface area contributed by atoms with Gasteiger partial charge in [-0.2, -0.15) is 0 Å². The summed E-state index contributed by atoms with van der Waals surface area (Å²) in [5.74, 6) is -5.28. The Kier molecular flexibility index (Phi) is 12.7. The van der Waals surface area contributed by atoms with Gasteiger partial charge < -0.3 is 24.1 Å². The van der Waals surface area contributed by atoms with Crippen LogP contribution in [0.4, 0.5) is 0 Å². The lowest BCUT2D eigenvalue weighted by Gasteiger charge is -2.33. The third-order valence-electron chi connectivity index (χ3n) is 4.20. The van der Waals surface area contributed by atoms with Gasteiger partial charge in [0, 0.05) is 0 Å². The average molecular weight is 461 g/mol. The lowest BCUT2D eigenvalue weighted by Crippen LogP contribution is -2.53. The Morgan fingerprint density at radius 1 is 0.656 bits per heavy atom. The molecule has 0 aromatic carbocycles. The third kappa shape index (κ3) is 9.76. The van der Waals surface area contributed by atoms with Gasteiger partial charge in [0.25, 0.3) is 0 Å². The Morgan fingerprint density at radius 2 is 1.03 bits per heavy atom. The topological polar surface area (TPSA) is 143 Å². The summed E-state index contributed by atoms with van der Waals surface area (Å²) in [6, 6.07) is 0. The molecule has 0 aromatic rings. The molecule has 0 radical (unpaired) electrons. The van der Waals surface area contributed by atoms with Crippen molar-refractivity contribution in [1.82, 2.24) is 0 Å². The molecule has 0 aliphatic heterocycles. The zero-order chi connectivity index (χ0) is 25.2. The van der Waals surface area contributed by atoms with E-state index in [0.29, 0.717) is 0 Å². The molecule has 0 spiro atoms. The van der Waals surface area contributed by atoms with E-state index in [1.807, 2.05) is 0 Å². The molecule has 0 heterocycles. The van der Waals surface area contributed by atoms with E-state index >= 15 is 0 Å². The number of aliphatic hydroxyl groups excluding tert-OH is 1. The maximum absolute atomic E-state index is 12.3. The Hall–Kier alpha value is -2.49. The second kappa shape index (κ2) is 13.8. The minimum atomic E-state index is -1.68. The van der Waals surface area contributed by atoms with Gasteiger partial charge in [0.15, 0.2) is 24.6 Å². The first kappa shape index (κ1) is 29.5. The fourth-order valence-electron chi connectivity index (χ4n) is 2.10. The summed E-state index contributed by atoms with van der Waals surface area (Å²) in [4.78, 5) is 60.3. The molecule has 0 saturated heterocycles. The normalized spacial score (nSPS) is 15.2. The largest absolute Gasteiger partial charge is 0.463 e. The van der Waals surface area contributed by atoms with Crippen LogP contribution in [-0.2, 0) is 42.9 Å². The predicted octanol–water partition coefficient (Wildman–Crippen LogP) is 1.45. The number of carbonyl (C=O) groups excluding carboxylic acids is 5. The van der Waals surface area contributed by atoms with Crippen LogP contribution in [-0.4, -0.2) is 66.3 Å². The number of esters is 4. The summed E-state index contributed by atoms with van der Waals surface area (Å²) in [5, 5.41) is 10.7. The van der Waals surface area contributed by atoms with E-state index in [1.165, 1.54) is 41.5 Å². The Labute approximate surface area is 188 Å². The molecule has 1 N–H and O–H groups in total. The maximum atomic E-state index is 12.3. The summed E-state index contributed by atoms with van der Waals surface area (Å²) < 4.78 is 20.8. The second-order valence-electron chi connectivity index (χ2n) is 8.66. The highest BCUT2D eigenvalue weighted by molar-refractivity contribution is 5.76. The van der Waals surface area contributed by atoms with Crippen molar-refractivity contribution in [2.75, 3.05) is 6.61 Å². The first-order chi connectivity index (χ1) is 14.7. The predicted molar refractivity (Wildman–Crippen MR) is 112 cm³/mol. The molecule has 184 valence electrons. The van der Waals surface area contributed by atoms with Crippen molar-refractivity contribution in [1.29, 1.82) is 0 Å². The van der Waals surface area contributed by atoms with Gasteiger partial charge >= 0.3 is 23.9 Å². The summed E-state index contributed by atoms with van der Waals surface area (Å²) in [5.41, 5.74) is 0. The van der Waals surface area contributed by atoms with E-state index in [2.05, 4.69) is 0 Å². The standard InChI is InChI=1S/C22H36O10/c1-11(2)19(25)29-10-15(24)17(31-21(27)13(5)6)18(32-22(28)14(7)8)16(9-23)30-20(26)12(3)4/h9,11-18,24H,10H2,1-8H3/t15-,16+,17-,18-/m0/s1. The van der Waals surface area contributed by atoms with Gasteiger partial charge in [-0.25, -0.2) is 0 Å². The van der Waals surface area contributed by atoms with Crippen LogP contribution in [0.1, 0.15) is 55.4 Å². The zero-order valence-corrected chi connectivity index (χ0v) is 20.0. The number of aliphatic hydroxyl groups is 1. The van der Waals surface area contributed by atoms with Gasteiger partial charge in [0.2, 0.25) is 0 Å². The highest BCUT2D eigenvalue weighted by Crippen LogP contribution is 2.20. The molecule has 0 amide bonds. The van der Waals surface area contributed by atoms with E-state index < -0.39 is 78.6 Å². The third-order valence-corrected chi connectivity index (χ3v) is 4.20. The lowest BCUT2D eigenvalue weighted by molar-refractivity contribution is -0.201. The first-order valence-corrected chi connectivity index (χ1v) is 10.6. The van der Waals surface area contributed by atoms with Crippen LogP contribution in [0.15, 0.2) is 0 Å². The number of hydrogen-bond donors (Lipinski definition) is 1. The number of hydrogen-bond acceptors (Lipinski definition) is 10. The molecule has 0 bridgehead atoms. The second-order valence-corrected chi connectivity index (χ2v) is 8.66. The Balaban J connectivity index is 6.11. The van der Waals surface area contributed by atoms with Crippen LogP contribution in [0.3, 0.4) is 0 Å².